The summed E-state index contributed by atoms with van der Waals surface area (Å²) in [5, 5.41) is 7.92. The Kier molecular flexibility index (Phi) is 6.85. The van der Waals surface area contributed by atoms with Crippen molar-refractivity contribution in [3.05, 3.63) is 60.0 Å². The van der Waals surface area contributed by atoms with Gasteiger partial charge in [0.05, 0.1) is 19.4 Å². The SMILES string of the molecule is CCOc1ccc(CN2C(=O)c3cc(-c4ccco4)nn3C[C@@]2(C)C(=O)NC2CCCCCC2)cc1. The summed E-state index contributed by atoms with van der Waals surface area (Å²) in [5.74, 6) is 1.02. The molecule has 36 heavy (non-hydrogen) atoms. The van der Waals surface area contributed by atoms with Crippen molar-refractivity contribution in [1.29, 1.82) is 0 Å². The molecule has 8 nitrogen and oxygen atoms in total. The Morgan fingerprint density at radius 1 is 1.17 bits per heavy atom. The fourth-order valence-corrected chi connectivity index (χ4v) is 5.24. The molecule has 190 valence electrons. The molecule has 0 spiro atoms. The van der Waals surface area contributed by atoms with E-state index in [1.807, 2.05) is 44.2 Å². The Hall–Kier alpha value is -3.55. The van der Waals surface area contributed by atoms with E-state index in [0.717, 1.165) is 37.0 Å². The molecule has 2 amide bonds. The monoisotopic (exact) mass is 490 g/mol. The number of fused-ring (bicyclic) bond motifs is 1. The summed E-state index contributed by atoms with van der Waals surface area (Å²) in [5.41, 5.74) is 0.867. The van der Waals surface area contributed by atoms with Crippen LogP contribution in [0.1, 0.15) is 68.4 Å². The standard InChI is InChI=1S/C28H34N4O4/c1-3-35-22-14-12-20(13-15-22)18-31-26(33)24-17-23(25-11-8-16-36-25)30-32(24)19-28(31,2)27(34)29-21-9-6-4-5-7-10-21/h8,11-17,21H,3-7,9-10,18-19H2,1-2H3,(H,29,34)/t28-/m0/s1. The summed E-state index contributed by atoms with van der Waals surface area (Å²) in [4.78, 5) is 29.4. The summed E-state index contributed by atoms with van der Waals surface area (Å²) in [6, 6.07) is 13.2. The number of benzene rings is 1. The molecule has 0 saturated heterocycles. The van der Waals surface area contributed by atoms with Crippen LogP contribution in [0.25, 0.3) is 11.5 Å². The van der Waals surface area contributed by atoms with Crippen molar-refractivity contribution in [2.45, 2.75) is 77.0 Å². The highest BCUT2D eigenvalue weighted by atomic mass is 16.5. The highest BCUT2D eigenvalue weighted by Gasteiger charge is 2.48. The number of carbonyl (C=O) groups is 2. The highest BCUT2D eigenvalue weighted by Crippen LogP contribution is 2.32. The molecule has 2 aliphatic rings. The molecule has 3 heterocycles. The molecule has 0 radical (unpaired) electrons. The van der Waals surface area contributed by atoms with Crippen molar-refractivity contribution >= 4 is 11.8 Å². The van der Waals surface area contributed by atoms with Crippen molar-refractivity contribution in [2.75, 3.05) is 6.61 Å². The fourth-order valence-electron chi connectivity index (χ4n) is 5.24. The van der Waals surface area contributed by atoms with Crippen molar-refractivity contribution in [2.24, 2.45) is 0 Å². The van der Waals surface area contributed by atoms with E-state index in [-0.39, 0.29) is 24.4 Å². The quantitative estimate of drug-likeness (QED) is 0.481. The van der Waals surface area contributed by atoms with Crippen LogP contribution in [0.2, 0.25) is 0 Å². The van der Waals surface area contributed by atoms with Gasteiger partial charge in [0.15, 0.2) is 5.76 Å². The molecular formula is C28H34N4O4. The lowest BCUT2D eigenvalue weighted by molar-refractivity contribution is -0.134. The molecule has 1 saturated carbocycles. The first kappa shape index (κ1) is 24.2. The maximum atomic E-state index is 13.9. The molecule has 1 aromatic carbocycles. The Morgan fingerprint density at radius 2 is 1.92 bits per heavy atom. The number of ether oxygens (including phenoxy) is 1. The summed E-state index contributed by atoms with van der Waals surface area (Å²) < 4.78 is 12.7. The predicted molar refractivity (Wildman–Crippen MR) is 135 cm³/mol. The number of nitrogens with zero attached hydrogens (tertiary/aromatic N) is 3. The number of aromatic nitrogens is 2. The average Bonchev–Trinajstić information content (AvgIpc) is 3.48. The van der Waals surface area contributed by atoms with Gasteiger partial charge in [-0.05, 0) is 56.5 Å². The smallest absolute Gasteiger partial charge is 0.273 e. The number of hydrogen-bond donors (Lipinski definition) is 1. The third kappa shape index (κ3) is 4.76. The second-order valence-corrected chi connectivity index (χ2v) is 9.95. The van der Waals surface area contributed by atoms with Gasteiger partial charge >= 0.3 is 0 Å². The second kappa shape index (κ2) is 10.2. The molecule has 5 rings (SSSR count). The summed E-state index contributed by atoms with van der Waals surface area (Å²) in [6.07, 6.45) is 8.18. The Bertz CT molecular complexity index is 1190. The molecule has 1 aliphatic carbocycles. The zero-order chi connectivity index (χ0) is 25.1. The van der Waals surface area contributed by atoms with Gasteiger partial charge in [0.25, 0.3) is 5.91 Å². The lowest BCUT2D eigenvalue weighted by Crippen LogP contribution is -2.64. The van der Waals surface area contributed by atoms with Gasteiger partial charge in [-0.3, -0.25) is 14.3 Å². The van der Waals surface area contributed by atoms with Gasteiger partial charge in [-0.1, -0.05) is 37.8 Å². The highest BCUT2D eigenvalue weighted by molar-refractivity contribution is 6.00. The number of carbonyl (C=O) groups excluding carboxylic acids is 2. The maximum absolute atomic E-state index is 13.9. The van der Waals surface area contributed by atoms with E-state index in [0.29, 0.717) is 30.3 Å². The van der Waals surface area contributed by atoms with Gasteiger partial charge in [0, 0.05) is 18.7 Å². The molecule has 0 bridgehead atoms. The molecule has 1 N–H and O–H groups in total. The van der Waals surface area contributed by atoms with Gasteiger partial charge in [-0.15, -0.1) is 0 Å². The molecule has 1 aliphatic heterocycles. The van der Waals surface area contributed by atoms with Crippen LogP contribution in [0.5, 0.6) is 5.75 Å². The molecule has 1 fully saturated rings. The first-order valence-electron chi connectivity index (χ1n) is 12.9. The first-order valence-corrected chi connectivity index (χ1v) is 12.9. The molecule has 8 heteroatoms. The second-order valence-electron chi connectivity index (χ2n) is 9.95. The zero-order valence-corrected chi connectivity index (χ0v) is 21.0. The zero-order valence-electron chi connectivity index (χ0n) is 21.0. The molecular weight excluding hydrogens is 456 g/mol. The average molecular weight is 491 g/mol. The molecule has 1 atom stereocenters. The van der Waals surface area contributed by atoms with E-state index < -0.39 is 5.54 Å². The van der Waals surface area contributed by atoms with E-state index in [2.05, 4.69) is 10.4 Å². The number of amides is 2. The Morgan fingerprint density at radius 3 is 2.58 bits per heavy atom. The molecule has 0 unspecified atom stereocenters. The van der Waals surface area contributed by atoms with Gasteiger partial charge in [0.1, 0.15) is 22.7 Å². The van der Waals surface area contributed by atoms with E-state index >= 15 is 0 Å². The van der Waals surface area contributed by atoms with E-state index in [1.165, 1.54) is 12.8 Å². The minimum Gasteiger partial charge on any atom is -0.494 e. The number of hydrogen-bond acceptors (Lipinski definition) is 5. The van der Waals surface area contributed by atoms with E-state index in [1.54, 1.807) is 28.0 Å². The largest absolute Gasteiger partial charge is 0.494 e. The molecule has 2 aromatic heterocycles. The lowest BCUT2D eigenvalue weighted by Gasteiger charge is -2.44. The minimum atomic E-state index is -1.10. The van der Waals surface area contributed by atoms with Crippen molar-refractivity contribution in [3.63, 3.8) is 0 Å². The summed E-state index contributed by atoms with van der Waals surface area (Å²) >= 11 is 0. The first-order chi connectivity index (χ1) is 17.5. The number of rotatable bonds is 7. The molecule has 3 aromatic rings. The topological polar surface area (TPSA) is 89.6 Å². The van der Waals surface area contributed by atoms with Crippen LogP contribution in [0.15, 0.2) is 53.1 Å². The number of nitrogens with one attached hydrogen (secondary N) is 1. The van der Waals surface area contributed by atoms with Crippen molar-refractivity contribution < 1.29 is 18.7 Å². The minimum absolute atomic E-state index is 0.130. The Labute approximate surface area is 211 Å². The predicted octanol–water partition coefficient (Wildman–Crippen LogP) is 4.80. The van der Waals surface area contributed by atoms with Gasteiger partial charge in [0.2, 0.25) is 5.91 Å². The third-order valence-corrected chi connectivity index (χ3v) is 7.33. The van der Waals surface area contributed by atoms with Gasteiger partial charge < -0.3 is 19.4 Å². The van der Waals surface area contributed by atoms with Crippen LogP contribution in [0, 0.1) is 0 Å². The fraction of sp³-hybridized carbons (Fsp3) is 0.464. The van der Waals surface area contributed by atoms with Crippen LogP contribution in [-0.4, -0.2) is 44.7 Å². The van der Waals surface area contributed by atoms with Crippen LogP contribution in [0.4, 0.5) is 0 Å². The van der Waals surface area contributed by atoms with Gasteiger partial charge in [-0.2, -0.15) is 5.10 Å². The van der Waals surface area contributed by atoms with Crippen LogP contribution in [0.3, 0.4) is 0 Å². The lowest BCUT2D eigenvalue weighted by atomic mass is 9.93. The van der Waals surface area contributed by atoms with Gasteiger partial charge in [-0.25, -0.2) is 0 Å². The summed E-state index contributed by atoms with van der Waals surface area (Å²) in [6.45, 7) is 4.96. The normalized spacial score (nSPS) is 20.6. The Balaban J connectivity index is 1.47. The van der Waals surface area contributed by atoms with E-state index in [4.69, 9.17) is 9.15 Å². The third-order valence-electron chi connectivity index (χ3n) is 7.33. The van der Waals surface area contributed by atoms with Crippen molar-refractivity contribution in [1.82, 2.24) is 20.0 Å². The summed E-state index contributed by atoms with van der Waals surface area (Å²) in [7, 11) is 0. The van der Waals surface area contributed by atoms with Crippen LogP contribution in [-0.2, 0) is 17.9 Å². The van der Waals surface area contributed by atoms with Crippen molar-refractivity contribution in [3.8, 4) is 17.2 Å². The van der Waals surface area contributed by atoms with E-state index in [9.17, 15) is 9.59 Å². The maximum Gasteiger partial charge on any atom is 0.273 e. The number of furan rings is 1. The van der Waals surface area contributed by atoms with Crippen LogP contribution < -0.4 is 10.1 Å². The van der Waals surface area contributed by atoms with Crippen LogP contribution >= 0.6 is 0 Å².